The highest BCUT2D eigenvalue weighted by atomic mass is 16.6. The molecule has 0 aliphatic carbocycles. The predicted molar refractivity (Wildman–Crippen MR) is 86.6 cm³/mol. The molecular formula is C18H29NO2. The van der Waals surface area contributed by atoms with Gasteiger partial charge in [-0.05, 0) is 36.4 Å². The molecule has 1 aromatic rings. The Kier molecular flexibility index (Phi) is 6.68. The first-order chi connectivity index (χ1) is 10.2. The molecule has 1 unspecified atom stereocenters. The van der Waals surface area contributed by atoms with E-state index in [9.17, 15) is 0 Å². The van der Waals surface area contributed by atoms with E-state index in [2.05, 4.69) is 50.4 Å². The van der Waals surface area contributed by atoms with E-state index in [4.69, 9.17) is 9.47 Å². The number of hydrogen-bond acceptors (Lipinski definition) is 3. The molecule has 1 saturated heterocycles. The lowest BCUT2D eigenvalue weighted by Gasteiger charge is -2.29. The third-order valence-electron chi connectivity index (χ3n) is 3.77. The van der Waals surface area contributed by atoms with Gasteiger partial charge < -0.3 is 14.8 Å². The maximum absolute atomic E-state index is 5.90. The van der Waals surface area contributed by atoms with E-state index in [0.717, 1.165) is 39.2 Å². The summed E-state index contributed by atoms with van der Waals surface area (Å²) in [5, 5.41) is 3.58. The van der Waals surface area contributed by atoms with Gasteiger partial charge in [-0.3, -0.25) is 0 Å². The van der Waals surface area contributed by atoms with Gasteiger partial charge in [0.15, 0.2) is 0 Å². The van der Waals surface area contributed by atoms with Gasteiger partial charge in [0.1, 0.15) is 6.10 Å². The maximum atomic E-state index is 5.90. The molecule has 0 spiro atoms. The number of rotatable bonds is 9. The lowest BCUT2D eigenvalue weighted by molar-refractivity contribution is -0.133. The Bertz CT molecular complexity index is 398. The lowest BCUT2D eigenvalue weighted by atomic mass is 9.99. The van der Waals surface area contributed by atoms with Crippen LogP contribution in [0, 0.1) is 5.92 Å². The average molecular weight is 291 g/mol. The summed E-state index contributed by atoms with van der Waals surface area (Å²) in [4.78, 5) is 0. The molecule has 0 amide bonds. The Hall–Kier alpha value is -0.900. The molecule has 0 radical (unpaired) electrons. The Morgan fingerprint density at radius 3 is 2.48 bits per heavy atom. The van der Waals surface area contributed by atoms with Gasteiger partial charge in [0, 0.05) is 0 Å². The van der Waals surface area contributed by atoms with Crippen LogP contribution in [0.15, 0.2) is 24.3 Å². The fourth-order valence-electron chi connectivity index (χ4n) is 2.49. The number of hydrogen-bond donors (Lipinski definition) is 1. The Labute approximate surface area is 129 Å². The second-order valence-corrected chi connectivity index (χ2v) is 6.34. The second kappa shape index (κ2) is 8.52. The van der Waals surface area contributed by atoms with Crippen molar-refractivity contribution in [1.82, 2.24) is 5.32 Å². The van der Waals surface area contributed by atoms with E-state index in [1.807, 2.05) is 0 Å². The van der Waals surface area contributed by atoms with Crippen LogP contribution in [-0.2, 0) is 15.9 Å². The zero-order valence-electron chi connectivity index (χ0n) is 13.6. The molecule has 0 bridgehead atoms. The van der Waals surface area contributed by atoms with Gasteiger partial charge in [0.25, 0.3) is 0 Å². The summed E-state index contributed by atoms with van der Waals surface area (Å²) >= 11 is 0. The minimum atomic E-state index is 0.277. The quantitative estimate of drug-likeness (QED) is 0.757. The molecule has 1 heterocycles. The Morgan fingerprint density at radius 1 is 1.24 bits per heavy atom. The van der Waals surface area contributed by atoms with Crippen LogP contribution in [0.5, 0.6) is 0 Å². The molecule has 1 aliphatic heterocycles. The summed E-state index contributed by atoms with van der Waals surface area (Å²) in [6, 6.07) is 9.26. The zero-order valence-corrected chi connectivity index (χ0v) is 13.6. The average Bonchev–Trinajstić information content (AvgIpc) is 2.41. The van der Waals surface area contributed by atoms with Crippen molar-refractivity contribution in [1.29, 1.82) is 0 Å². The molecule has 2 rings (SSSR count). The van der Waals surface area contributed by atoms with E-state index in [1.165, 1.54) is 11.1 Å². The van der Waals surface area contributed by atoms with Crippen molar-refractivity contribution in [3.05, 3.63) is 35.4 Å². The van der Waals surface area contributed by atoms with Crippen LogP contribution in [0.2, 0.25) is 0 Å². The van der Waals surface area contributed by atoms with E-state index in [-0.39, 0.29) is 12.1 Å². The molecule has 1 atom stereocenters. The van der Waals surface area contributed by atoms with Crippen LogP contribution < -0.4 is 5.32 Å². The highest BCUT2D eigenvalue weighted by molar-refractivity contribution is 5.25. The number of benzene rings is 1. The van der Waals surface area contributed by atoms with Gasteiger partial charge in [0.2, 0.25) is 0 Å². The first-order valence-electron chi connectivity index (χ1n) is 8.20. The predicted octanol–water partition coefficient (Wildman–Crippen LogP) is 3.34. The van der Waals surface area contributed by atoms with Crippen LogP contribution in [0.3, 0.4) is 0 Å². The zero-order chi connectivity index (χ0) is 15.1. The van der Waals surface area contributed by atoms with Crippen molar-refractivity contribution in [3.63, 3.8) is 0 Å². The number of ether oxygens (including phenoxy) is 2. The van der Waals surface area contributed by atoms with Gasteiger partial charge in [-0.2, -0.15) is 0 Å². The minimum Gasteiger partial charge on any atom is -0.376 e. The standard InChI is InChI=1S/C18H29NO2/c1-4-9-19-18(13-21-17-11-20-12-17)16-7-5-15(6-8-16)10-14(2)3/h5-8,14,17-19H,4,9-13H2,1-3H3. The normalized spacial score (nSPS) is 17.0. The van der Waals surface area contributed by atoms with E-state index in [1.54, 1.807) is 0 Å². The van der Waals surface area contributed by atoms with Crippen LogP contribution in [0.4, 0.5) is 0 Å². The monoisotopic (exact) mass is 291 g/mol. The lowest BCUT2D eigenvalue weighted by Crippen LogP contribution is -2.38. The summed E-state index contributed by atoms with van der Waals surface area (Å²) in [7, 11) is 0. The Balaban J connectivity index is 1.93. The fourth-order valence-corrected chi connectivity index (χ4v) is 2.49. The van der Waals surface area contributed by atoms with Crippen molar-refractivity contribution in [2.45, 2.75) is 45.8 Å². The van der Waals surface area contributed by atoms with Crippen molar-refractivity contribution in [2.75, 3.05) is 26.4 Å². The first-order valence-corrected chi connectivity index (χ1v) is 8.20. The highest BCUT2D eigenvalue weighted by Gasteiger charge is 2.21. The Morgan fingerprint density at radius 2 is 1.95 bits per heavy atom. The molecule has 1 aliphatic rings. The summed E-state index contributed by atoms with van der Waals surface area (Å²) in [6.07, 6.45) is 2.56. The molecule has 1 aromatic carbocycles. The van der Waals surface area contributed by atoms with E-state index >= 15 is 0 Å². The molecule has 3 nitrogen and oxygen atoms in total. The van der Waals surface area contributed by atoms with Gasteiger partial charge in [-0.1, -0.05) is 45.0 Å². The van der Waals surface area contributed by atoms with Crippen LogP contribution in [0.25, 0.3) is 0 Å². The van der Waals surface area contributed by atoms with Gasteiger partial charge in [-0.25, -0.2) is 0 Å². The molecule has 0 aromatic heterocycles. The molecule has 3 heteroatoms. The molecule has 1 fully saturated rings. The maximum Gasteiger partial charge on any atom is 0.104 e. The third kappa shape index (κ3) is 5.42. The highest BCUT2D eigenvalue weighted by Crippen LogP contribution is 2.18. The van der Waals surface area contributed by atoms with Gasteiger partial charge in [-0.15, -0.1) is 0 Å². The summed E-state index contributed by atoms with van der Waals surface area (Å²) in [5.41, 5.74) is 2.73. The van der Waals surface area contributed by atoms with E-state index < -0.39 is 0 Å². The van der Waals surface area contributed by atoms with E-state index in [0.29, 0.717) is 5.92 Å². The second-order valence-electron chi connectivity index (χ2n) is 6.34. The molecule has 21 heavy (non-hydrogen) atoms. The van der Waals surface area contributed by atoms with Crippen molar-refractivity contribution < 1.29 is 9.47 Å². The van der Waals surface area contributed by atoms with Crippen molar-refractivity contribution in [2.24, 2.45) is 5.92 Å². The topological polar surface area (TPSA) is 30.5 Å². The minimum absolute atomic E-state index is 0.277. The molecule has 118 valence electrons. The van der Waals surface area contributed by atoms with Crippen LogP contribution in [-0.4, -0.2) is 32.5 Å². The molecule has 0 saturated carbocycles. The van der Waals surface area contributed by atoms with Crippen LogP contribution >= 0.6 is 0 Å². The first kappa shape index (κ1) is 16.5. The third-order valence-corrected chi connectivity index (χ3v) is 3.77. The van der Waals surface area contributed by atoms with Gasteiger partial charge in [0.05, 0.1) is 25.9 Å². The number of nitrogens with one attached hydrogen (secondary N) is 1. The largest absolute Gasteiger partial charge is 0.376 e. The SMILES string of the molecule is CCCNC(COC1COC1)c1ccc(CC(C)C)cc1. The summed E-state index contributed by atoms with van der Waals surface area (Å²) < 4.78 is 11.1. The van der Waals surface area contributed by atoms with Crippen LogP contribution in [0.1, 0.15) is 44.4 Å². The van der Waals surface area contributed by atoms with Gasteiger partial charge >= 0.3 is 0 Å². The fraction of sp³-hybridized carbons (Fsp3) is 0.667. The summed E-state index contributed by atoms with van der Waals surface area (Å²) in [6.45, 7) is 9.93. The molecule has 1 N–H and O–H groups in total. The molecular weight excluding hydrogens is 262 g/mol. The van der Waals surface area contributed by atoms with Crippen molar-refractivity contribution in [3.8, 4) is 0 Å². The smallest absolute Gasteiger partial charge is 0.104 e. The summed E-state index contributed by atoms with van der Waals surface area (Å²) in [5.74, 6) is 0.701. The van der Waals surface area contributed by atoms with Crippen molar-refractivity contribution >= 4 is 0 Å².